The lowest BCUT2D eigenvalue weighted by Crippen LogP contribution is -2.32. The van der Waals surface area contributed by atoms with Gasteiger partial charge in [0.05, 0.1) is 31.9 Å². The number of carbonyl (C=O) groups is 1. The third kappa shape index (κ3) is 4.19. The fraction of sp³-hybridized carbons (Fsp3) is 0.500. The zero-order valence-corrected chi connectivity index (χ0v) is 14.0. The SMILES string of the molecule is COCCn1cc2c(n1)[C@@H](CNC(=O)Cc1cccs1)OCC2. The van der Waals surface area contributed by atoms with Gasteiger partial charge in [-0.1, -0.05) is 6.07 Å². The molecule has 1 amide bonds. The zero-order chi connectivity index (χ0) is 16.1. The van der Waals surface area contributed by atoms with Crippen molar-refractivity contribution in [1.29, 1.82) is 0 Å². The maximum atomic E-state index is 12.0. The van der Waals surface area contributed by atoms with Gasteiger partial charge in [-0.15, -0.1) is 11.3 Å². The molecule has 0 fully saturated rings. The predicted molar refractivity (Wildman–Crippen MR) is 87.5 cm³/mol. The number of hydrogen-bond acceptors (Lipinski definition) is 5. The fourth-order valence-electron chi connectivity index (χ4n) is 2.63. The van der Waals surface area contributed by atoms with Gasteiger partial charge >= 0.3 is 0 Å². The molecule has 0 saturated heterocycles. The van der Waals surface area contributed by atoms with Crippen LogP contribution in [0.15, 0.2) is 23.7 Å². The van der Waals surface area contributed by atoms with E-state index in [0.29, 0.717) is 26.2 Å². The highest BCUT2D eigenvalue weighted by molar-refractivity contribution is 7.10. The van der Waals surface area contributed by atoms with Crippen molar-refractivity contribution in [1.82, 2.24) is 15.1 Å². The monoisotopic (exact) mass is 335 g/mol. The van der Waals surface area contributed by atoms with E-state index in [-0.39, 0.29) is 12.0 Å². The maximum Gasteiger partial charge on any atom is 0.225 e. The summed E-state index contributed by atoms with van der Waals surface area (Å²) in [6.07, 6.45) is 3.16. The lowest BCUT2D eigenvalue weighted by molar-refractivity contribution is -0.121. The van der Waals surface area contributed by atoms with E-state index in [0.717, 1.165) is 23.5 Å². The summed E-state index contributed by atoms with van der Waals surface area (Å²) >= 11 is 1.59. The average Bonchev–Trinajstić information content (AvgIpc) is 3.19. The lowest BCUT2D eigenvalue weighted by Gasteiger charge is -2.22. The van der Waals surface area contributed by atoms with E-state index in [1.54, 1.807) is 18.4 Å². The Morgan fingerprint density at radius 1 is 1.61 bits per heavy atom. The molecule has 0 aliphatic carbocycles. The van der Waals surface area contributed by atoms with Crippen molar-refractivity contribution in [3.05, 3.63) is 39.8 Å². The first-order valence-corrected chi connectivity index (χ1v) is 8.60. The third-order valence-electron chi connectivity index (χ3n) is 3.79. The molecule has 124 valence electrons. The van der Waals surface area contributed by atoms with Gasteiger partial charge in [0.15, 0.2) is 0 Å². The van der Waals surface area contributed by atoms with Crippen LogP contribution in [0.2, 0.25) is 0 Å². The zero-order valence-electron chi connectivity index (χ0n) is 13.2. The Hall–Kier alpha value is -1.70. The summed E-state index contributed by atoms with van der Waals surface area (Å²) in [7, 11) is 1.68. The minimum atomic E-state index is -0.171. The number of carbonyl (C=O) groups excluding carboxylic acids is 1. The minimum Gasteiger partial charge on any atom is -0.383 e. The van der Waals surface area contributed by atoms with Crippen LogP contribution in [-0.2, 0) is 33.7 Å². The summed E-state index contributed by atoms with van der Waals surface area (Å²) in [6, 6.07) is 3.92. The van der Waals surface area contributed by atoms with Crippen LogP contribution in [-0.4, -0.2) is 42.6 Å². The van der Waals surface area contributed by atoms with Crippen molar-refractivity contribution in [2.75, 3.05) is 26.9 Å². The van der Waals surface area contributed by atoms with Gasteiger partial charge in [-0.3, -0.25) is 9.48 Å². The van der Waals surface area contributed by atoms with Gasteiger partial charge in [0, 0.05) is 24.7 Å². The number of rotatable bonds is 7. The van der Waals surface area contributed by atoms with Gasteiger partial charge in [0.2, 0.25) is 5.91 Å². The molecule has 6 nitrogen and oxygen atoms in total. The number of thiophene rings is 1. The summed E-state index contributed by atoms with van der Waals surface area (Å²) in [5.74, 6) is 0.0157. The van der Waals surface area contributed by atoms with E-state index in [9.17, 15) is 4.79 Å². The first-order valence-electron chi connectivity index (χ1n) is 7.72. The largest absolute Gasteiger partial charge is 0.383 e. The summed E-state index contributed by atoms with van der Waals surface area (Å²) in [5, 5.41) is 9.52. The number of fused-ring (bicyclic) bond motifs is 1. The van der Waals surface area contributed by atoms with Gasteiger partial charge in [-0.2, -0.15) is 5.10 Å². The van der Waals surface area contributed by atoms with Crippen molar-refractivity contribution in [3.8, 4) is 0 Å². The van der Waals surface area contributed by atoms with Crippen molar-refractivity contribution in [2.45, 2.75) is 25.5 Å². The number of aromatic nitrogens is 2. The summed E-state index contributed by atoms with van der Waals surface area (Å²) in [5.41, 5.74) is 2.13. The molecule has 1 aliphatic rings. The topological polar surface area (TPSA) is 65.4 Å². The molecule has 3 rings (SSSR count). The first kappa shape index (κ1) is 16.2. The lowest BCUT2D eigenvalue weighted by atomic mass is 10.1. The molecule has 2 aromatic heterocycles. The van der Waals surface area contributed by atoms with Crippen molar-refractivity contribution < 1.29 is 14.3 Å². The van der Waals surface area contributed by atoms with Gasteiger partial charge in [-0.05, 0) is 23.4 Å². The van der Waals surface area contributed by atoms with Gasteiger partial charge in [-0.25, -0.2) is 0 Å². The minimum absolute atomic E-state index is 0.0157. The Morgan fingerprint density at radius 3 is 3.30 bits per heavy atom. The average molecular weight is 335 g/mol. The second-order valence-electron chi connectivity index (χ2n) is 5.47. The van der Waals surface area contributed by atoms with E-state index in [4.69, 9.17) is 9.47 Å². The van der Waals surface area contributed by atoms with Crippen LogP contribution in [0.1, 0.15) is 22.2 Å². The quantitative estimate of drug-likeness (QED) is 0.834. The maximum absolute atomic E-state index is 12.0. The number of hydrogen-bond donors (Lipinski definition) is 1. The Balaban J connectivity index is 1.57. The molecule has 0 aromatic carbocycles. The molecule has 23 heavy (non-hydrogen) atoms. The van der Waals surface area contributed by atoms with Crippen molar-refractivity contribution in [3.63, 3.8) is 0 Å². The van der Waals surface area contributed by atoms with E-state index < -0.39 is 0 Å². The Bertz CT molecular complexity index is 639. The predicted octanol–water partition coefficient (Wildman–Crippen LogP) is 1.56. The number of nitrogens with one attached hydrogen (secondary N) is 1. The molecular weight excluding hydrogens is 314 g/mol. The van der Waals surface area contributed by atoms with Crippen molar-refractivity contribution in [2.24, 2.45) is 0 Å². The molecule has 0 radical (unpaired) electrons. The Kier molecular flexibility index (Phi) is 5.43. The molecular formula is C16H21N3O3S. The second kappa shape index (κ2) is 7.72. The third-order valence-corrected chi connectivity index (χ3v) is 4.67. The highest BCUT2D eigenvalue weighted by Gasteiger charge is 2.25. The number of methoxy groups -OCH3 is 1. The van der Waals surface area contributed by atoms with Gasteiger partial charge in [0.25, 0.3) is 0 Å². The fourth-order valence-corrected chi connectivity index (χ4v) is 3.33. The standard InChI is InChI=1S/C16H21N3O3S/c1-21-7-5-19-11-12-4-6-22-14(16(12)18-19)10-17-15(20)9-13-3-2-8-23-13/h2-3,8,11,14H,4-7,9-10H2,1H3,(H,17,20)/t14-/m1/s1. The smallest absolute Gasteiger partial charge is 0.225 e. The Labute approximate surface area is 139 Å². The molecule has 1 atom stereocenters. The van der Waals surface area contributed by atoms with E-state index >= 15 is 0 Å². The molecule has 1 aliphatic heterocycles. The van der Waals surface area contributed by atoms with E-state index in [2.05, 4.69) is 16.6 Å². The normalized spacial score (nSPS) is 17.0. The van der Waals surface area contributed by atoms with Crippen molar-refractivity contribution >= 4 is 17.2 Å². The molecule has 0 unspecified atom stereocenters. The molecule has 0 bridgehead atoms. The molecule has 0 saturated carbocycles. The summed E-state index contributed by atoms with van der Waals surface area (Å²) < 4.78 is 12.8. The molecule has 7 heteroatoms. The van der Waals surface area contributed by atoms with Crippen LogP contribution in [0.5, 0.6) is 0 Å². The number of ether oxygens (including phenoxy) is 2. The van der Waals surface area contributed by atoms with Crippen LogP contribution in [0.25, 0.3) is 0 Å². The van der Waals surface area contributed by atoms with E-state index in [1.807, 2.05) is 22.2 Å². The van der Waals surface area contributed by atoms with Crippen LogP contribution < -0.4 is 5.32 Å². The van der Waals surface area contributed by atoms with Crippen LogP contribution in [0, 0.1) is 0 Å². The highest BCUT2D eigenvalue weighted by Crippen LogP contribution is 2.25. The summed E-state index contributed by atoms with van der Waals surface area (Å²) in [6.45, 7) is 2.47. The molecule has 2 aromatic rings. The second-order valence-corrected chi connectivity index (χ2v) is 6.50. The number of amides is 1. The van der Waals surface area contributed by atoms with Crippen LogP contribution >= 0.6 is 11.3 Å². The first-order chi connectivity index (χ1) is 11.3. The van der Waals surface area contributed by atoms with Crippen LogP contribution in [0.4, 0.5) is 0 Å². The molecule has 0 spiro atoms. The van der Waals surface area contributed by atoms with Gasteiger partial charge in [0.1, 0.15) is 6.10 Å². The molecule has 3 heterocycles. The van der Waals surface area contributed by atoms with E-state index in [1.165, 1.54) is 5.56 Å². The highest BCUT2D eigenvalue weighted by atomic mass is 32.1. The summed E-state index contributed by atoms with van der Waals surface area (Å²) in [4.78, 5) is 13.1. The van der Waals surface area contributed by atoms with Crippen LogP contribution in [0.3, 0.4) is 0 Å². The number of nitrogens with zero attached hydrogens (tertiary/aromatic N) is 2. The Morgan fingerprint density at radius 2 is 2.52 bits per heavy atom. The van der Waals surface area contributed by atoms with Gasteiger partial charge < -0.3 is 14.8 Å². The molecule has 1 N–H and O–H groups in total.